The number of esters is 2. The molecular weight excluding hydrogens is 1530 g/mol. The third-order valence-corrected chi connectivity index (χ3v) is 20.8. The third kappa shape index (κ3) is 23.8. The minimum Gasteiger partial charge on any atom is -0.434 e. The van der Waals surface area contributed by atoms with Crippen LogP contribution in [0.1, 0.15) is 121 Å². The summed E-state index contributed by atoms with van der Waals surface area (Å²) in [5, 5.41) is 52.0. The molecule has 2 fully saturated rings. The zero-order valence-electron chi connectivity index (χ0n) is 60.7. The van der Waals surface area contributed by atoms with Gasteiger partial charge in [-0.3, -0.25) is 46.5 Å². The number of ether oxygens (including phenoxy) is 8. The van der Waals surface area contributed by atoms with Crippen molar-refractivity contribution in [2.24, 2.45) is 22.7 Å². The van der Waals surface area contributed by atoms with Gasteiger partial charge in [0.05, 0.1) is 49.3 Å². The molecule has 600 valence electrons. The molecule has 42 nitrogen and oxygen atoms in total. The van der Waals surface area contributed by atoms with Crippen LogP contribution in [0.2, 0.25) is 0 Å². The molecule has 0 radical (unpaired) electrons. The number of phosphoric acid groups is 4. The van der Waals surface area contributed by atoms with E-state index >= 15 is 0 Å². The van der Waals surface area contributed by atoms with Gasteiger partial charge in [0, 0.05) is 47.1 Å². The first-order valence-electron chi connectivity index (χ1n) is 32.9. The lowest BCUT2D eigenvalue weighted by atomic mass is 9.97. The van der Waals surface area contributed by atoms with Crippen molar-refractivity contribution in [3.63, 3.8) is 0 Å². The van der Waals surface area contributed by atoms with Gasteiger partial charge in [0.2, 0.25) is 26.2 Å². The number of hydrogen-bond donors (Lipinski definition) is 6. The zero-order chi connectivity index (χ0) is 80.3. The first-order valence-corrected chi connectivity index (χ1v) is 38.8. The van der Waals surface area contributed by atoms with Crippen molar-refractivity contribution in [2.75, 3.05) is 26.8 Å². The van der Waals surface area contributed by atoms with Crippen molar-refractivity contribution in [3.8, 4) is 0 Å². The summed E-state index contributed by atoms with van der Waals surface area (Å²) >= 11 is 0. The molecule has 6 aromatic rings. The number of phosphoric ester groups is 4. The van der Waals surface area contributed by atoms with Crippen molar-refractivity contribution in [1.29, 1.82) is 0 Å². The smallest absolute Gasteiger partial charge is 0.434 e. The van der Waals surface area contributed by atoms with Gasteiger partial charge in [-0.25, -0.2) is 55.5 Å². The fraction of sp³-hybridized carbons (Fsp3) is 0.581. The molecule has 6 unspecified atom stereocenters. The number of rotatable bonds is 32. The van der Waals surface area contributed by atoms with Crippen LogP contribution in [0.15, 0.2) is 101 Å². The maximum atomic E-state index is 14.3. The van der Waals surface area contributed by atoms with Gasteiger partial charge in [0.15, 0.2) is 23.6 Å². The van der Waals surface area contributed by atoms with Crippen LogP contribution < -0.4 is 22.5 Å². The standard InChI is InChI=1S/C35H51N3O17P2.C27H35N3O19P2/c1-19(2)29(50-31(42)34(5,6)7)53-57(47,54-30(20(3)4)51-32(43)35(8,9)10)55-56(45,46)48-18-24-26(40)27(41)28(49-24)37-16-15-25(39)38(33(37)44)17-22-21-13-11-12-14-23(21)52-36-22;1-15(2)45-26(35)40-13-43-51(39,44-14-41-27(36)46-16(3)4)49-50(37,38)42-12-20-22(32)23(33)24(47-20)29-10-9-21(31)30(25(29)34)11-18-17-7-5-6-8-19(17)48-28-18/h11-16,19-20,24,26-30,40-41H,17-18H2,1-10H3,(H,45,46);5-10,15-16,20,22-24,32-33H,11-14H2,1-4H3,(H,37,38)/t24-,26+,27?,28-,29?,30?,57?;20-,22+,23?,24-/m11/s1. The summed E-state index contributed by atoms with van der Waals surface area (Å²) in [6.45, 7) is 16.3. The van der Waals surface area contributed by atoms with Crippen LogP contribution in [0.25, 0.3) is 21.9 Å². The summed E-state index contributed by atoms with van der Waals surface area (Å²) in [5.74, 6) is -3.06. The molecule has 4 aromatic heterocycles. The van der Waals surface area contributed by atoms with Crippen molar-refractivity contribution in [1.82, 2.24) is 28.6 Å². The van der Waals surface area contributed by atoms with Gasteiger partial charge < -0.3 is 77.2 Å². The maximum Gasteiger partial charge on any atom is 0.510 e. The number of carbonyl (C=O) groups excluding carboxylic acids is 4. The van der Waals surface area contributed by atoms with Gasteiger partial charge in [-0.2, -0.15) is 8.62 Å². The molecule has 6 heterocycles. The monoisotopic (exact) mass is 1610 g/mol. The van der Waals surface area contributed by atoms with E-state index in [2.05, 4.69) is 24.1 Å². The minimum atomic E-state index is -5.58. The van der Waals surface area contributed by atoms with E-state index in [4.69, 9.17) is 68.9 Å². The third-order valence-electron chi connectivity index (χ3n) is 14.8. The van der Waals surface area contributed by atoms with Crippen LogP contribution in [-0.2, 0) is 115 Å². The molecule has 6 N–H and O–H groups in total. The predicted molar refractivity (Wildman–Crippen MR) is 365 cm³/mol. The molecule has 2 saturated heterocycles. The SMILES string of the molecule is CC(C)C(OC(=O)C(C)(C)C)OP(=O)(OC(OC(=O)C(C)(C)C)C(C)C)OP(=O)(O)OC[C@H]1O[C@@H](n2ccc(=O)n(Cc3noc4ccccc34)c2=O)C(O)[C@H]1O.CC(C)OC(=O)OCOP(=O)(OCOC(=O)OC(C)C)OP(=O)(O)OC[C@H]1O[C@@H](n2ccc(=O)n(Cc3noc4ccccc34)c2=O)C(O)[C@H]1O. The van der Waals surface area contributed by atoms with Crippen molar-refractivity contribution >= 4 is 77.5 Å². The fourth-order valence-electron chi connectivity index (χ4n) is 9.23. The Balaban J connectivity index is 0.000000303. The quantitative estimate of drug-likeness (QED) is 0.0116. The largest absolute Gasteiger partial charge is 0.510 e. The fourth-order valence-corrected chi connectivity index (χ4v) is 14.6. The molecule has 2 aliphatic heterocycles. The number of carbonyl (C=O) groups is 4. The van der Waals surface area contributed by atoms with Crippen LogP contribution in [0.4, 0.5) is 9.59 Å². The Morgan fingerprint density at radius 3 is 1.19 bits per heavy atom. The molecule has 0 saturated carbocycles. The highest BCUT2D eigenvalue weighted by molar-refractivity contribution is 7.62. The summed E-state index contributed by atoms with van der Waals surface area (Å²) < 4.78 is 148. The lowest BCUT2D eigenvalue weighted by Crippen LogP contribution is -2.43. The van der Waals surface area contributed by atoms with Crippen LogP contribution in [0.3, 0.4) is 0 Å². The predicted octanol–water partition coefficient (Wildman–Crippen LogP) is 6.37. The van der Waals surface area contributed by atoms with E-state index in [1.54, 1.807) is 90.1 Å². The highest BCUT2D eigenvalue weighted by atomic mass is 31.3. The molecular formula is C62H86N6O36P4. The number of para-hydroxylation sites is 2. The van der Waals surface area contributed by atoms with E-state index in [1.165, 1.54) is 55.4 Å². The van der Waals surface area contributed by atoms with Gasteiger partial charge >= 0.3 is 66.9 Å². The van der Waals surface area contributed by atoms with Crippen molar-refractivity contribution in [3.05, 3.63) is 126 Å². The molecule has 0 bridgehead atoms. The number of hydrogen-bond acceptors (Lipinski definition) is 36. The summed E-state index contributed by atoms with van der Waals surface area (Å²) in [7, 11) is -21.8. The van der Waals surface area contributed by atoms with Gasteiger partial charge in [0.25, 0.3) is 11.1 Å². The van der Waals surface area contributed by atoms with Crippen LogP contribution >= 0.6 is 31.3 Å². The molecule has 0 aliphatic carbocycles. The Kier molecular flexibility index (Phi) is 29.7. The lowest BCUT2D eigenvalue weighted by Gasteiger charge is -2.32. The molecule has 0 spiro atoms. The van der Waals surface area contributed by atoms with Gasteiger partial charge in [0.1, 0.15) is 48.0 Å². The maximum absolute atomic E-state index is 14.3. The average Bonchev–Trinajstić information content (AvgIpc) is 1.59. The van der Waals surface area contributed by atoms with Gasteiger partial charge in [-0.1, -0.05) is 62.3 Å². The lowest BCUT2D eigenvalue weighted by molar-refractivity contribution is -0.191. The Labute approximate surface area is 613 Å². The number of aromatic nitrogens is 6. The van der Waals surface area contributed by atoms with E-state index in [9.17, 15) is 86.8 Å². The van der Waals surface area contributed by atoms with E-state index in [1.807, 2.05) is 0 Å². The van der Waals surface area contributed by atoms with E-state index in [0.29, 0.717) is 21.9 Å². The van der Waals surface area contributed by atoms with Crippen molar-refractivity contribution in [2.45, 2.75) is 184 Å². The molecule has 8 rings (SSSR count). The first-order chi connectivity index (χ1) is 50.2. The number of benzene rings is 2. The average molecular weight is 1620 g/mol. The number of aliphatic hydroxyl groups excluding tert-OH is 4. The van der Waals surface area contributed by atoms with Crippen LogP contribution in [-0.4, -0.2) is 171 Å². The Morgan fingerprint density at radius 2 is 0.852 bits per heavy atom. The first kappa shape index (κ1) is 87.7. The van der Waals surface area contributed by atoms with Gasteiger partial charge in [-0.05, 0) is 93.5 Å². The van der Waals surface area contributed by atoms with E-state index in [0.717, 1.165) is 42.8 Å². The number of aliphatic hydroxyl groups is 4. The topological polar surface area (TPSA) is 546 Å². The summed E-state index contributed by atoms with van der Waals surface area (Å²) in [4.78, 5) is 122. The Bertz CT molecular complexity index is 4490. The molecule has 108 heavy (non-hydrogen) atoms. The van der Waals surface area contributed by atoms with Crippen molar-refractivity contribution < 1.29 is 150 Å². The second kappa shape index (κ2) is 36.6. The zero-order valence-corrected chi connectivity index (χ0v) is 64.2. The second-order valence-electron chi connectivity index (χ2n) is 27.2. The molecule has 2 aliphatic rings. The van der Waals surface area contributed by atoms with Crippen LogP contribution in [0.5, 0.6) is 0 Å². The highest BCUT2D eigenvalue weighted by Crippen LogP contribution is 2.66. The molecule has 2 aromatic carbocycles. The number of nitrogens with zero attached hydrogens (tertiary/aromatic N) is 6. The summed E-state index contributed by atoms with van der Waals surface area (Å²) in [6.07, 6.45) is -19.0. The highest BCUT2D eigenvalue weighted by Gasteiger charge is 2.51. The molecule has 0 amide bonds. The number of fused-ring (bicyclic) bond motifs is 2. The molecule has 46 heteroatoms. The van der Waals surface area contributed by atoms with E-state index in [-0.39, 0.29) is 24.5 Å². The second-order valence-corrected chi connectivity index (χ2v) is 33.6. The normalized spacial score (nSPS) is 21.4. The Hall–Kier alpha value is -7.50. The summed E-state index contributed by atoms with van der Waals surface area (Å²) in [6, 6.07) is 15.5. The minimum absolute atomic E-state index is 0.259. The Morgan fingerprint density at radius 1 is 0.500 bits per heavy atom. The molecule has 12 atom stereocenters. The summed E-state index contributed by atoms with van der Waals surface area (Å²) in [5.41, 5.74) is -4.13. The van der Waals surface area contributed by atoms with Crippen LogP contribution in [0, 0.1) is 22.7 Å². The van der Waals surface area contributed by atoms with Gasteiger partial charge in [-0.15, -0.1) is 0 Å². The van der Waals surface area contributed by atoms with E-state index < -0.39 is 201 Å².